The molecule has 0 unspecified atom stereocenters. The van der Waals surface area contributed by atoms with Gasteiger partial charge in [0.15, 0.2) is 12.4 Å². The molecule has 0 aliphatic heterocycles. The predicted octanol–water partition coefficient (Wildman–Crippen LogP) is 5.07. The molecule has 28 heavy (non-hydrogen) atoms. The van der Waals surface area contributed by atoms with E-state index in [9.17, 15) is 4.79 Å². The van der Waals surface area contributed by atoms with Gasteiger partial charge in [-0.3, -0.25) is 4.79 Å². The van der Waals surface area contributed by atoms with E-state index in [0.717, 1.165) is 22.5 Å². The molecular weight excluding hydrogens is 348 g/mol. The Labute approximate surface area is 163 Å². The van der Waals surface area contributed by atoms with Gasteiger partial charge in [0.25, 0.3) is 0 Å². The summed E-state index contributed by atoms with van der Waals surface area (Å²) in [4.78, 5) is 21.4. The molecule has 0 amide bonds. The third-order valence-electron chi connectivity index (χ3n) is 4.27. The fourth-order valence-corrected chi connectivity index (χ4v) is 2.84. The zero-order chi connectivity index (χ0) is 19.2. The Bertz CT molecular complexity index is 1010. The molecule has 0 spiro atoms. The zero-order valence-corrected chi connectivity index (χ0v) is 15.2. The number of ketones is 1. The van der Waals surface area contributed by atoms with Gasteiger partial charge in [0.2, 0.25) is 0 Å². The summed E-state index contributed by atoms with van der Waals surface area (Å²) in [6.45, 7) is -0.115. The minimum Gasteiger partial charge on any atom is -0.455 e. The molecule has 1 aromatic heterocycles. The number of carbonyl (C=O) groups is 1. The molecule has 4 nitrogen and oxygen atoms in total. The largest absolute Gasteiger partial charge is 0.455 e. The van der Waals surface area contributed by atoms with Crippen LogP contribution < -0.4 is 4.74 Å². The second-order valence-electron chi connectivity index (χ2n) is 6.23. The molecular formula is C24H18N2O2. The number of Topliss-reactive ketones (excluding diaryl/α,β-unsaturated/α-hetero) is 1. The van der Waals surface area contributed by atoms with Crippen LogP contribution in [0.15, 0.2) is 97.1 Å². The second-order valence-corrected chi connectivity index (χ2v) is 6.23. The third kappa shape index (κ3) is 4.13. The van der Waals surface area contributed by atoms with Crippen molar-refractivity contribution in [2.24, 2.45) is 0 Å². The maximum atomic E-state index is 12.3. The molecule has 0 fully saturated rings. The lowest BCUT2D eigenvalue weighted by Crippen LogP contribution is -2.13. The van der Waals surface area contributed by atoms with Crippen LogP contribution >= 0.6 is 0 Å². The number of nitrogens with zero attached hydrogens (tertiary/aromatic N) is 2. The summed E-state index contributed by atoms with van der Waals surface area (Å²) in [5.74, 6) is -0.115. The van der Waals surface area contributed by atoms with Crippen LogP contribution in [0.25, 0.3) is 22.5 Å². The van der Waals surface area contributed by atoms with E-state index < -0.39 is 0 Å². The van der Waals surface area contributed by atoms with Gasteiger partial charge in [0.1, 0.15) is 0 Å². The highest BCUT2D eigenvalue weighted by Gasteiger charge is 2.12. The van der Waals surface area contributed by atoms with Crippen molar-refractivity contribution in [3.8, 4) is 28.5 Å². The van der Waals surface area contributed by atoms with Crippen molar-refractivity contribution in [1.29, 1.82) is 0 Å². The molecule has 0 aliphatic rings. The molecule has 4 rings (SSSR count). The van der Waals surface area contributed by atoms with E-state index in [0.29, 0.717) is 5.56 Å². The van der Waals surface area contributed by atoms with E-state index in [1.54, 1.807) is 12.1 Å². The Morgan fingerprint density at radius 3 is 1.64 bits per heavy atom. The van der Waals surface area contributed by atoms with Crippen molar-refractivity contribution >= 4 is 5.78 Å². The summed E-state index contributed by atoms with van der Waals surface area (Å²) in [6, 6.07) is 30.8. The summed E-state index contributed by atoms with van der Waals surface area (Å²) in [6.07, 6.45) is 0. The molecule has 4 aromatic rings. The summed E-state index contributed by atoms with van der Waals surface area (Å²) in [5, 5.41) is 0. The molecule has 0 aliphatic carbocycles. The van der Waals surface area contributed by atoms with Crippen molar-refractivity contribution in [1.82, 2.24) is 9.97 Å². The SMILES string of the molecule is O=C(COc1nc(-c2ccccc2)cc(-c2ccccc2)n1)c1ccccc1. The first-order chi connectivity index (χ1) is 13.8. The summed E-state index contributed by atoms with van der Waals surface area (Å²) >= 11 is 0. The van der Waals surface area contributed by atoms with Crippen molar-refractivity contribution in [3.63, 3.8) is 0 Å². The lowest BCUT2D eigenvalue weighted by Gasteiger charge is -2.09. The summed E-state index contributed by atoms with van der Waals surface area (Å²) in [5.41, 5.74) is 4.01. The standard InChI is InChI=1S/C24H18N2O2/c27-23(20-14-8-3-9-15-20)17-28-24-25-21(18-10-4-1-5-11-18)16-22(26-24)19-12-6-2-7-13-19/h1-16H,17H2. The number of aromatic nitrogens is 2. The van der Waals surface area contributed by atoms with Gasteiger partial charge in [-0.05, 0) is 6.07 Å². The van der Waals surface area contributed by atoms with Crippen molar-refractivity contribution in [3.05, 3.63) is 103 Å². The Morgan fingerprint density at radius 2 is 1.14 bits per heavy atom. The van der Waals surface area contributed by atoms with Gasteiger partial charge < -0.3 is 4.74 Å². The van der Waals surface area contributed by atoms with Crippen LogP contribution in [0.4, 0.5) is 0 Å². The minimum absolute atomic E-state index is 0.115. The van der Waals surface area contributed by atoms with Gasteiger partial charge >= 0.3 is 6.01 Å². The molecule has 0 atom stereocenters. The molecule has 0 saturated carbocycles. The molecule has 0 radical (unpaired) electrons. The Balaban J connectivity index is 1.65. The van der Waals surface area contributed by atoms with Crippen LogP contribution in [-0.4, -0.2) is 22.4 Å². The third-order valence-corrected chi connectivity index (χ3v) is 4.27. The molecule has 0 bridgehead atoms. The fourth-order valence-electron chi connectivity index (χ4n) is 2.84. The van der Waals surface area contributed by atoms with E-state index in [4.69, 9.17) is 4.74 Å². The fraction of sp³-hybridized carbons (Fsp3) is 0.0417. The van der Waals surface area contributed by atoms with Crippen LogP contribution in [0, 0.1) is 0 Å². The minimum atomic E-state index is -0.115. The highest BCUT2D eigenvalue weighted by Crippen LogP contribution is 2.25. The van der Waals surface area contributed by atoms with E-state index >= 15 is 0 Å². The van der Waals surface area contributed by atoms with E-state index in [2.05, 4.69) is 9.97 Å². The van der Waals surface area contributed by atoms with E-state index in [-0.39, 0.29) is 18.4 Å². The van der Waals surface area contributed by atoms with Gasteiger partial charge in [0, 0.05) is 16.7 Å². The highest BCUT2D eigenvalue weighted by molar-refractivity contribution is 5.97. The normalized spacial score (nSPS) is 10.4. The first kappa shape index (κ1) is 17.6. The van der Waals surface area contributed by atoms with Crippen LogP contribution in [0.3, 0.4) is 0 Å². The Hall–Kier alpha value is -3.79. The van der Waals surface area contributed by atoms with Gasteiger partial charge in [-0.1, -0.05) is 91.0 Å². The number of carbonyl (C=O) groups excluding carboxylic acids is 1. The van der Waals surface area contributed by atoms with E-state index in [1.165, 1.54) is 0 Å². The lowest BCUT2D eigenvalue weighted by atomic mass is 10.1. The Kier molecular flexibility index (Phi) is 5.20. The average Bonchev–Trinajstić information content (AvgIpc) is 2.79. The van der Waals surface area contributed by atoms with E-state index in [1.807, 2.05) is 84.9 Å². The smallest absolute Gasteiger partial charge is 0.317 e. The summed E-state index contributed by atoms with van der Waals surface area (Å²) in [7, 11) is 0. The van der Waals surface area contributed by atoms with Gasteiger partial charge in [-0.15, -0.1) is 0 Å². The first-order valence-corrected chi connectivity index (χ1v) is 9.00. The number of benzene rings is 3. The molecule has 0 saturated heterocycles. The molecule has 0 N–H and O–H groups in total. The number of ether oxygens (including phenoxy) is 1. The molecule has 4 heteroatoms. The predicted molar refractivity (Wildman–Crippen MR) is 109 cm³/mol. The summed E-state index contributed by atoms with van der Waals surface area (Å²) < 4.78 is 5.67. The maximum Gasteiger partial charge on any atom is 0.317 e. The lowest BCUT2D eigenvalue weighted by molar-refractivity contribution is 0.0914. The Morgan fingerprint density at radius 1 is 0.679 bits per heavy atom. The van der Waals surface area contributed by atoms with Crippen molar-refractivity contribution in [2.45, 2.75) is 0 Å². The van der Waals surface area contributed by atoms with Crippen LogP contribution in [0.2, 0.25) is 0 Å². The number of hydrogen-bond donors (Lipinski definition) is 0. The van der Waals surface area contributed by atoms with Gasteiger partial charge in [-0.2, -0.15) is 9.97 Å². The van der Waals surface area contributed by atoms with Crippen molar-refractivity contribution in [2.75, 3.05) is 6.61 Å². The molecule has 1 heterocycles. The van der Waals surface area contributed by atoms with Crippen LogP contribution in [0.1, 0.15) is 10.4 Å². The van der Waals surface area contributed by atoms with Crippen LogP contribution in [-0.2, 0) is 0 Å². The second kappa shape index (κ2) is 8.27. The number of rotatable bonds is 6. The van der Waals surface area contributed by atoms with Crippen LogP contribution in [0.5, 0.6) is 6.01 Å². The van der Waals surface area contributed by atoms with Gasteiger partial charge in [0.05, 0.1) is 11.4 Å². The topological polar surface area (TPSA) is 52.1 Å². The first-order valence-electron chi connectivity index (χ1n) is 9.00. The maximum absolute atomic E-state index is 12.3. The monoisotopic (exact) mass is 366 g/mol. The highest BCUT2D eigenvalue weighted by atomic mass is 16.5. The molecule has 136 valence electrons. The number of hydrogen-bond acceptors (Lipinski definition) is 4. The van der Waals surface area contributed by atoms with Crippen molar-refractivity contribution < 1.29 is 9.53 Å². The molecule has 3 aromatic carbocycles. The van der Waals surface area contributed by atoms with Gasteiger partial charge in [-0.25, -0.2) is 0 Å². The zero-order valence-electron chi connectivity index (χ0n) is 15.2. The quantitative estimate of drug-likeness (QED) is 0.447. The average molecular weight is 366 g/mol.